The Balaban J connectivity index is 4.53. The number of likely N-dealkylation sites (N-methyl/N-ethyl adjacent to an activating group) is 1. The maximum atomic E-state index is 12.5. The second kappa shape index (κ2) is 30.8. The minimum atomic E-state index is -1.15. The number of allylic oxidation sites excluding steroid dienone is 14. The van der Waals surface area contributed by atoms with Crippen molar-refractivity contribution in [2.24, 2.45) is 0 Å². The second-order valence-electron chi connectivity index (χ2n) is 12.3. The Kier molecular flexibility index (Phi) is 28.6. The molecule has 48 heavy (non-hydrogen) atoms. The van der Waals surface area contributed by atoms with Gasteiger partial charge in [0.1, 0.15) is 12.6 Å². The van der Waals surface area contributed by atoms with Crippen LogP contribution in [0, 0.1) is 0 Å². The molecule has 0 saturated carbocycles. The number of carboxylic acids is 1. The molecule has 0 aromatic rings. The van der Waals surface area contributed by atoms with Gasteiger partial charge in [0.2, 0.25) is 0 Å². The fourth-order valence-electron chi connectivity index (χ4n) is 4.34. The Labute approximate surface area is 291 Å². The molecule has 0 saturated heterocycles. The molecule has 0 aromatic heterocycles. The number of esters is 2. The Morgan fingerprint density at radius 2 is 1.10 bits per heavy atom. The third-order valence-electron chi connectivity index (χ3n) is 7.04. The number of hydrogen-bond donors (Lipinski definition) is 0. The molecule has 270 valence electrons. The van der Waals surface area contributed by atoms with Crippen molar-refractivity contribution < 1.29 is 38.2 Å². The van der Waals surface area contributed by atoms with Gasteiger partial charge in [-0.25, -0.2) is 0 Å². The Hall–Kier alpha value is -3.49. The van der Waals surface area contributed by atoms with Crippen molar-refractivity contribution in [1.82, 2.24) is 0 Å². The lowest BCUT2D eigenvalue weighted by molar-refractivity contribution is -0.889. The van der Waals surface area contributed by atoms with E-state index in [1.54, 1.807) is 21.1 Å². The number of quaternary nitrogens is 1. The molecule has 8 heteroatoms. The third kappa shape index (κ3) is 28.7. The first-order valence-corrected chi connectivity index (χ1v) is 17.6. The average Bonchev–Trinajstić information content (AvgIpc) is 3.03. The first-order chi connectivity index (χ1) is 23.1. The topological polar surface area (TPSA) is 102 Å². The number of hydrogen-bond acceptors (Lipinski definition) is 7. The molecule has 0 fully saturated rings. The van der Waals surface area contributed by atoms with E-state index in [1.807, 2.05) is 12.2 Å². The Morgan fingerprint density at radius 3 is 1.58 bits per heavy atom. The third-order valence-corrected chi connectivity index (χ3v) is 7.04. The molecule has 0 aliphatic heterocycles. The van der Waals surface area contributed by atoms with Crippen molar-refractivity contribution >= 4 is 17.9 Å². The van der Waals surface area contributed by atoms with E-state index in [0.717, 1.165) is 51.4 Å². The first kappa shape index (κ1) is 44.5. The van der Waals surface area contributed by atoms with E-state index >= 15 is 0 Å². The van der Waals surface area contributed by atoms with Crippen LogP contribution in [-0.4, -0.2) is 75.5 Å². The standard InChI is InChI=1S/C40H63NO7/c1-6-8-10-12-14-15-16-17-18-19-20-21-22-23-25-26-28-30-38(42)47-35-36(34-46-33-32-37(40(44)45)41(3,4)5)48-39(43)31-29-27-24-13-11-9-7-2/h8-11,14-15,17-18,20-21,23-25,27,36-37H,6-7,12-13,16,19,22,26,28-35H2,1-5H3/b10-8+,11-9+,15-14+,18-17+,21-20+,25-23+,27-24+. The molecule has 0 rings (SSSR count). The summed E-state index contributed by atoms with van der Waals surface area (Å²) in [6.07, 6.45) is 38.0. The molecule has 0 aromatic carbocycles. The van der Waals surface area contributed by atoms with Crippen molar-refractivity contribution in [3.8, 4) is 0 Å². The van der Waals surface area contributed by atoms with E-state index in [1.165, 1.54) is 0 Å². The van der Waals surface area contributed by atoms with Gasteiger partial charge in [-0.05, 0) is 64.2 Å². The van der Waals surface area contributed by atoms with Gasteiger partial charge in [-0.3, -0.25) is 9.59 Å². The predicted octanol–water partition coefficient (Wildman–Crippen LogP) is 7.29. The largest absolute Gasteiger partial charge is 0.544 e. The monoisotopic (exact) mass is 669 g/mol. The van der Waals surface area contributed by atoms with Crippen molar-refractivity contribution in [1.29, 1.82) is 0 Å². The van der Waals surface area contributed by atoms with Crippen LogP contribution in [0.2, 0.25) is 0 Å². The van der Waals surface area contributed by atoms with Crippen molar-refractivity contribution in [3.05, 3.63) is 85.1 Å². The van der Waals surface area contributed by atoms with Crippen LogP contribution >= 0.6 is 0 Å². The molecular weight excluding hydrogens is 606 g/mol. The summed E-state index contributed by atoms with van der Waals surface area (Å²) in [6, 6.07) is -0.745. The predicted molar refractivity (Wildman–Crippen MR) is 194 cm³/mol. The van der Waals surface area contributed by atoms with E-state index < -0.39 is 24.1 Å². The Morgan fingerprint density at radius 1 is 0.625 bits per heavy atom. The van der Waals surface area contributed by atoms with Gasteiger partial charge in [0.05, 0.1) is 40.3 Å². The smallest absolute Gasteiger partial charge is 0.306 e. The summed E-state index contributed by atoms with van der Waals surface area (Å²) in [7, 11) is 5.34. The summed E-state index contributed by atoms with van der Waals surface area (Å²) in [5.74, 6) is -1.93. The van der Waals surface area contributed by atoms with Crippen LogP contribution in [-0.2, 0) is 28.6 Å². The van der Waals surface area contributed by atoms with E-state index in [0.29, 0.717) is 12.8 Å². The van der Waals surface area contributed by atoms with Crippen LogP contribution in [0.3, 0.4) is 0 Å². The molecule has 0 amide bonds. The summed E-state index contributed by atoms with van der Waals surface area (Å²) in [4.78, 5) is 36.4. The molecule has 0 heterocycles. The highest BCUT2D eigenvalue weighted by Gasteiger charge is 2.25. The number of unbranched alkanes of at least 4 members (excludes halogenated alkanes) is 1. The van der Waals surface area contributed by atoms with Crippen LogP contribution in [0.1, 0.15) is 97.3 Å². The SMILES string of the molecule is CC/C=C/C/C=C/C/C=C/C/C=C/C/C=C/CCCC(=O)OCC(COCCC(C(=O)[O-])[N+](C)(C)C)OC(=O)CC/C=C/C/C=C/CC. The molecule has 0 radical (unpaired) electrons. The summed E-state index contributed by atoms with van der Waals surface area (Å²) >= 11 is 0. The molecule has 2 atom stereocenters. The lowest BCUT2D eigenvalue weighted by Gasteiger charge is -2.34. The average molecular weight is 670 g/mol. The van der Waals surface area contributed by atoms with E-state index in [-0.39, 0.29) is 49.5 Å². The van der Waals surface area contributed by atoms with Crippen molar-refractivity contribution in [2.45, 2.75) is 109 Å². The fraction of sp³-hybridized carbons (Fsp3) is 0.575. The summed E-state index contributed by atoms with van der Waals surface area (Å²) in [5.41, 5.74) is 0. The zero-order valence-electron chi connectivity index (χ0n) is 30.4. The van der Waals surface area contributed by atoms with Crippen LogP contribution in [0.25, 0.3) is 0 Å². The molecule has 0 aliphatic rings. The normalized spacial score (nSPS) is 14.1. The zero-order valence-corrected chi connectivity index (χ0v) is 30.4. The Bertz CT molecular complexity index is 1060. The molecule has 2 unspecified atom stereocenters. The number of carboxylic acid groups (broad SMARTS) is 1. The molecule has 8 nitrogen and oxygen atoms in total. The van der Waals surface area contributed by atoms with Crippen LogP contribution in [0.4, 0.5) is 0 Å². The van der Waals surface area contributed by atoms with Gasteiger partial charge in [-0.15, -0.1) is 0 Å². The lowest BCUT2D eigenvalue weighted by atomic mass is 10.1. The maximum absolute atomic E-state index is 12.5. The molecule has 0 bridgehead atoms. The van der Waals surface area contributed by atoms with Gasteiger partial charge in [-0.2, -0.15) is 0 Å². The molecule has 0 N–H and O–H groups in total. The zero-order chi connectivity index (χ0) is 35.7. The number of nitrogens with zero attached hydrogens (tertiary/aromatic N) is 1. The summed E-state index contributed by atoms with van der Waals surface area (Å²) < 4.78 is 16.8. The second-order valence-corrected chi connectivity index (χ2v) is 12.3. The molecular formula is C40H63NO7. The summed E-state index contributed by atoms with van der Waals surface area (Å²) in [6.45, 7) is 4.22. The number of carbonyl (C=O) groups excluding carboxylic acids is 3. The minimum absolute atomic E-state index is 0.00633. The quantitative estimate of drug-likeness (QED) is 0.0357. The van der Waals surface area contributed by atoms with Gasteiger partial charge in [0, 0.05) is 19.3 Å². The first-order valence-electron chi connectivity index (χ1n) is 17.6. The van der Waals surface area contributed by atoms with Crippen molar-refractivity contribution in [2.75, 3.05) is 41.0 Å². The summed E-state index contributed by atoms with van der Waals surface area (Å²) in [5, 5.41) is 11.5. The lowest BCUT2D eigenvalue weighted by Crippen LogP contribution is -2.55. The molecule has 0 aliphatic carbocycles. The fourth-order valence-corrected chi connectivity index (χ4v) is 4.34. The van der Waals surface area contributed by atoms with Crippen LogP contribution in [0.5, 0.6) is 0 Å². The van der Waals surface area contributed by atoms with E-state index in [9.17, 15) is 19.5 Å². The maximum Gasteiger partial charge on any atom is 0.306 e. The molecule has 0 spiro atoms. The van der Waals surface area contributed by atoms with Crippen molar-refractivity contribution in [3.63, 3.8) is 0 Å². The van der Waals surface area contributed by atoms with Gasteiger partial charge in [0.25, 0.3) is 0 Å². The minimum Gasteiger partial charge on any atom is -0.544 e. The van der Waals surface area contributed by atoms with Crippen LogP contribution < -0.4 is 5.11 Å². The highest BCUT2D eigenvalue weighted by atomic mass is 16.6. The van der Waals surface area contributed by atoms with Gasteiger partial charge in [-0.1, -0.05) is 98.9 Å². The van der Waals surface area contributed by atoms with Gasteiger partial charge >= 0.3 is 11.9 Å². The van der Waals surface area contributed by atoms with E-state index in [2.05, 4.69) is 86.8 Å². The number of carbonyl (C=O) groups is 3. The van der Waals surface area contributed by atoms with E-state index in [4.69, 9.17) is 14.2 Å². The van der Waals surface area contributed by atoms with Crippen LogP contribution in [0.15, 0.2) is 85.1 Å². The number of ether oxygens (including phenoxy) is 3. The highest BCUT2D eigenvalue weighted by molar-refractivity contribution is 5.70. The number of rotatable bonds is 29. The van der Waals surface area contributed by atoms with Gasteiger partial charge < -0.3 is 28.6 Å². The van der Waals surface area contributed by atoms with Gasteiger partial charge in [0.15, 0.2) is 6.10 Å². The number of aliphatic carboxylic acids is 1. The highest BCUT2D eigenvalue weighted by Crippen LogP contribution is 2.09.